The lowest BCUT2D eigenvalue weighted by atomic mass is 9.79. The van der Waals surface area contributed by atoms with Crippen molar-refractivity contribution in [2.24, 2.45) is 5.92 Å². The van der Waals surface area contributed by atoms with Gasteiger partial charge >= 0.3 is 0 Å². The second kappa shape index (κ2) is 6.01. The molecule has 88 valence electrons. The van der Waals surface area contributed by atoms with E-state index in [2.05, 4.69) is 59.1 Å². The van der Waals surface area contributed by atoms with E-state index in [1.165, 1.54) is 34.8 Å². The summed E-state index contributed by atoms with van der Waals surface area (Å²) in [7, 11) is 0. The van der Waals surface area contributed by atoms with E-state index in [1.54, 1.807) is 0 Å². The Morgan fingerprint density at radius 3 is 2.50 bits per heavy atom. The molecule has 0 bridgehead atoms. The van der Waals surface area contributed by atoms with Crippen LogP contribution >= 0.6 is 22.6 Å². The van der Waals surface area contributed by atoms with E-state index in [0.29, 0.717) is 6.04 Å². The van der Waals surface area contributed by atoms with Gasteiger partial charge in [-0.3, -0.25) is 0 Å². The lowest BCUT2D eigenvalue weighted by molar-refractivity contribution is 0.262. The number of benzene rings is 1. The largest absolute Gasteiger partial charge is 0.310 e. The first-order valence-electron chi connectivity index (χ1n) is 6.28. The molecule has 1 fully saturated rings. The van der Waals surface area contributed by atoms with Crippen molar-refractivity contribution in [1.82, 2.24) is 5.32 Å². The average molecular weight is 329 g/mol. The van der Waals surface area contributed by atoms with Gasteiger partial charge in [0, 0.05) is 9.61 Å². The maximum atomic E-state index is 3.62. The van der Waals surface area contributed by atoms with Gasteiger partial charge in [0.25, 0.3) is 0 Å². The minimum Gasteiger partial charge on any atom is -0.310 e. The topological polar surface area (TPSA) is 12.0 Å². The van der Waals surface area contributed by atoms with Gasteiger partial charge in [-0.15, -0.1) is 0 Å². The molecule has 1 nitrogen and oxygen atoms in total. The van der Waals surface area contributed by atoms with Crippen molar-refractivity contribution in [3.05, 3.63) is 33.4 Å². The van der Waals surface area contributed by atoms with E-state index in [1.807, 2.05) is 0 Å². The van der Waals surface area contributed by atoms with Crippen molar-refractivity contribution in [1.29, 1.82) is 0 Å². The molecule has 1 N–H and O–H groups in total. The lowest BCUT2D eigenvalue weighted by Crippen LogP contribution is -2.25. The molecule has 2 rings (SSSR count). The second-order valence-corrected chi connectivity index (χ2v) is 5.94. The molecule has 1 unspecified atom stereocenters. The standard InChI is InChI=1S/C14H20IN/c1-2-16-14(10-11-4-3-5-11)12-6-8-13(15)9-7-12/h6-9,11,14,16H,2-5,10H2,1H3. The number of halogens is 1. The third-order valence-electron chi connectivity index (χ3n) is 3.52. The fourth-order valence-electron chi connectivity index (χ4n) is 2.34. The maximum absolute atomic E-state index is 3.62. The van der Waals surface area contributed by atoms with Crippen LogP contribution in [-0.2, 0) is 0 Å². The zero-order valence-corrected chi connectivity index (χ0v) is 12.0. The van der Waals surface area contributed by atoms with Gasteiger partial charge in [0.2, 0.25) is 0 Å². The van der Waals surface area contributed by atoms with Crippen LogP contribution in [0.5, 0.6) is 0 Å². The lowest BCUT2D eigenvalue weighted by Gasteiger charge is -2.30. The van der Waals surface area contributed by atoms with Crippen molar-refractivity contribution >= 4 is 22.6 Å². The van der Waals surface area contributed by atoms with Gasteiger partial charge in [-0.05, 0) is 59.2 Å². The molecule has 0 heterocycles. The molecule has 1 aromatic rings. The first-order chi connectivity index (χ1) is 7.79. The molecular formula is C14H20IN. The van der Waals surface area contributed by atoms with Crippen molar-refractivity contribution in [2.75, 3.05) is 6.54 Å². The highest BCUT2D eigenvalue weighted by Crippen LogP contribution is 2.34. The van der Waals surface area contributed by atoms with Gasteiger partial charge in [-0.25, -0.2) is 0 Å². The molecule has 2 heteroatoms. The Labute approximate surface area is 112 Å². The predicted octanol–water partition coefficient (Wildman–Crippen LogP) is 4.13. The van der Waals surface area contributed by atoms with Crippen LogP contribution in [0.2, 0.25) is 0 Å². The van der Waals surface area contributed by atoms with Gasteiger partial charge in [-0.1, -0.05) is 38.3 Å². The summed E-state index contributed by atoms with van der Waals surface area (Å²) in [5.41, 5.74) is 1.45. The summed E-state index contributed by atoms with van der Waals surface area (Å²) in [4.78, 5) is 0. The second-order valence-electron chi connectivity index (χ2n) is 4.69. The van der Waals surface area contributed by atoms with Crippen molar-refractivity contribution in [2.45, 2.75) is 38.6 Å². The Bertz CT molecular complexity index is 316. The predicted molar refractivity (Wildman–Crippen MR) is 77.5 cm³/mol. The number of rotatable bonds is 5. The van der Waals surface area contributed by atoms with Crippen molar-refractivity contribution < 1.29 is 0 Å². The monoisotopic (exact) mass is 329 g/mol. The van der Waals surface area contributed by atoms with Crippen LogP contribution in [0.3, 0.4) is 0 Å². The van der Waals surface area contributed by atoms with Gasteiger partial charge in [0.1, 0.15) is 0 Å². The van der Waals surface area contributed by atoms with Crippen molar-refractivity contribution in [3.63, 3.8) is 0 Å². The molecule has 16 heavy (non-hydrogen) atoms. The molecular weight excluding hydrogens is 309 g/mol. The van der Waals surface area contributed by atoms with Crippen LogP contribution in [0.25, 0.3) is 0 Å². The molecule has 1 aliphatic carbocycles. The van der Waals surface area contributed by atoms with E-state index >= 15 is 0 Å². The Hall–Kier alpha value is -0.0900. The van der Waals surface area contributed by atoms with E-state index in [9.17, 15) is 0 Å². The number of hydrogen-bond acceptors (Lipinski definition) is 1. The van der Waals surface area contributed by atoms with Gasteiger partial charge in [-0.2, -0.15) is 0 Å². The summed E-state index contributed by atoms with van der Waals surface area (Å²) in [5.74, 6) is 0.961. The highest BCUT2D eigenvalue weighted by atomic mass is 127. The molecule has 0 radical (unpaired) electrons. The van der Waals surface area contributed by atoms with Crippen molar-refractivity contribution in [3.8, 4) is 0 Å². The maximum Gasteiger partial charge on any atom is 0.0322 e. The van der Waals surface area contributed by atoms with Crippen LogP contribution in [0.15, 0.2) is 24.3 Å². The zero-order chi connectivity index (χ0) is 11.4. The Balaban J connectivity index is 2.01. The Kier molecular flexibility index (Phi) is 4.65. The SMILES string of the molecule is CCNC(CC1CCC1)c1ccc(I)cc1. The highest BCUT2D eigenvalue weighted by Gasteiger charge is 2.22. The van der Waals surface area contributed by atoms with Crippen LogP contribution in [0.4, 0.5) is 0 Å². The fourth-order valence-corrected chi connectivity index (χ4v) is 2.70. The molecule has 1 atom stereocenters. The van der Waals surface area contributed by atoms with E-state index in [-0.39, 0.29) is 0 Å². The highest BCUT2D eigenvalue weighted by molar-refractivity contribution is 14.1. The molecule has 0 aromatic heterocycles. The summed E-state index contributed by atoms with van der Waals surface area (Å²) in [6.45, 7) is 3.25. The zero-order valence-electron chi connectivity index (χ0n) is 9.88. The third-order valence-corrected chi connectivity index (χ3v) is 4.24. The van der Waals surface area contributed by atoms with Crippen LogP contribution in [0.1, 0.15) is 44.2 Å². The molecule has 0 spiro atoms. The first kappa shape index (κ1) is 12.4. The smallest absolute Gasteiger partial charge is 0.0322 e. The third kappa shape index (κ3) is 3.20. The minimum atomic E-state index is 0.562. The van der Waals surface area contributed by atoms with E-state index < -0.39 is 0 Å². The summed E-state index contributed by atoms with van der Waals surface area (Å²) in [6, 6.07) is 9.52. The first-order valence-corrected chi connectivity index (χ1v) is 7.36. The summed E-state index contributed by atoms with van der Waals surface area (Å²) in [6.07, 6.45) is 5.63. The molecule has 1 saturated carbocycles. The van der Waals surface area contributed by atoms with Gasteiger partial charge in [0.05, 0.1) is 0 Å². The average Bonchev–Trinajstić information content (AvgIpc) is 2.23. The quantitative estimate of drug-likeness (QED) is 0.801. The van der Waals surface area contributed by atoms with E-state index in [0.717, 1.165) is 12.5 Å². The Morgan fingerprint density at radius 2 is 2.00 bits per heavy atom. The fraction of sp³-hybridized carbons (Fsp3) is 0.571. The minimum absolute atomic E-state index is 0.562. The van der Waals surface area contributed by atoms with Crippen LogP contribution in [0, 0.1) is 9.49 Å². The summed E-state index contributed by atoms with van der Waals surface area (Å²) >= 11 is 2.36. The number of hydrogen-bond donors (Lipinski definition) is 1. The normalized spacial score (nSPS) is 18.1. The van der Waals surface area contributed by atoms with E-state index in [4.69, 9.17) is 0 Å². The number of nitrogens with one attached hydrogen (secondary N) is 1. The summed E-state index contributed by atoms with van der Waals surface area (Å²) in [5, 5.41) is 3.62. The molecule has 1 aromatic carbocycles. The van der Waals surface area contributed by atoms with Crippen LogP contribution < -0.4 is 5.32 Å². The van der Waals surface area contributed by atoms with Gasteiger partial charge < -0.3 is 5.32 Å². The Morgan fingerprint density at radius 1 is 1.31 bits per heavy atom. The molecule has 1 aliphatic rings. The molecule has 0 aliphatic heterocycles. The summed E-state index contributed by atoms with van der Waals surface area (Å²) < 4.78 is 1.32. The van der Waals surface area contributed by atoms with Gasteiger partial charge in [0.15, 0.2) is 0 Å². The molecule has 0 saturated heterocycles. The molecule has 0 amide bonds. The van der Waals surface area contributed by atoms with Crippen LogP contribution in [-0.4, -0.2) is 6.54 Å².